The van der Waals surface area contributed by atoms with E-state index in [1.165, 1.54) is 6.92 Å². The van der Waals surface area contributed by atoms with Crippen LogP contribution >= 0.6 is 22.7 Å². The van der Waals surface area contributed by atoms with Crippen molar-refractivity contribution in [3.05, 3.63) is 44.8 Å². The number of rotatable bonds is 7. The maximum Gasteiger partial charge on any atom is 0.222 e. The minimum absolute atomic E-state index is 0.00353. The van der Waals surface area contributed by atoms with Crippen LogP contribution in [0.25, 0.3) is 0 Å². The molecule has 0 bridgehead atoms. The molecule has 23 heavy (non-hydrogen) atoms. The highest BCUT2D eigenvalue weighted by Gasteiger charge is 2.23. The summed E-state index contributed by atoms with van der Waals surface area (Å²) in [5.74, 6) is 0.123. The zero-order valence-corrected chi connectivity index (χ0v) is 15.2. The lowest BCUT2D eigenvalue weighted by Gasteiger charge is -2.23. The number of carbonyl (C=O) groups is 2. The molecule has 0 unspecified atom stereocenters. The van der Waals surface area contributed by atoms with Gasteiger partial charge in [-0.05, 0) is 28.8 Å². The van der Waals surface area contributed by atoms with Crippen LogP contribution < -0.4 is 10.6 Å². The number of amides is 2. The molecule has 2 heterocycles. The monoisotopic (exact) mass is 350 g/mol. The number of carbonyl (C=O) groups excluding carboxylic acids is 2. The van der Waals surface area contributed by atoms with Gasteiger partial charge >= 0.3 is 0 Å². The van der Waals surface area contributed by atoms with Crippen LogP contribution in [0.15, 0.2) is 35.0 Å². The van der Waals surface area contributed by atoms with Gasteiger partial charge in [0.2, 0.25) is 11.8 Å². The molecule has 0 aromatic carbocycles. The van der Waals surface area contributed by atoms with Crippen molar-refractivity contribution in [3.8, 4) is 0 Å². The molecule has 0 aliphatic heterocycles. The molecule has 0 spiro atoms. The molecule has 0 radical (unpaired) electrons. The molecule has 2 aromatic rings. The molecule has 2 atom stereocenters. The standard InChI is InChI=1S/C17H22N2O2S2/c1-11(2)17(15-7-5-9-23-15)19-16(21)10-13(18-12(3)20)14-6-4-8-22-14/h4-9,11,13,17H,10H2,1-3H3,(H,18,20)(H,19,21)/t13-,17+/m1/s1. The van der Waals surface area contributed by atoms with Gasteiger partial charge in [0, 0.05) is 16.7 Å². The smallest absolute Gasteiger partial charge is 0.222 e. The van der Waals surface area contributed by atoms with Gasteiger partial charge in [0.25, 0.3) is 0 Å². The summed E-state index contributed by atoms with van der Waals surface area (Å²) in [6.07, 6.45) is 0.245. The van der Waals surface area contributed by atoms with Crippen molar-refractivity contribution in [2.75, 3.05) is 0 Å². The Morgan fingerprint density at radius 3 is 2.13 bits per heavy atom. The molecule has 2 rings (SSSR count). The van der Waals surface area contributed by atoms with Gasteiger partial charge in [0.15, 0.2) is 0 Å². The second kappa shape index (κ2) is 8.26. The van der Waals surface area contributed by atoms with E-state index < -0.39 is 0 Å². The van der Waals surface area contributed by atoms with Gasteiger partial charge in [-0.1, -0.05) is 26.0 Å². The fraction of sp³-hybridized carbons (Fsp3) is 0.412. The van der Waals surface area contributed by atoms with E-state index >= 15 is 0 Å². The SMILES string of the molecule is CC(=O)N[C@H](CC(=O)N[C@H](c1cccs1)C(C)C)c1cccs1. The number of hydrogen-bond donors (Lipinski definition) is 2. The number of thiophene rings is 2. The third-order valence-corrected chi connectivity index (χ3v) is 5.43. The highest BCUT2D eigenvalue weighted by Crippen LogP contribution is 2.27. The zero-order chi connectivity index (χ0) is 16.8. The Bertz CT molecular complexity index is 621. The molecule has 0 saturated heterocycles. The van der Waals surface area contributed by atoms with Crippen molar-refractivity contribution in [1.82, 2.24) is 10.6 Å². The predicted molar refractivity (Wildman–Crippen MR) is 95.5 cm³/mol. The zero-order valence-electron chi connectivity index (χ0n) is 13.5. The molecule has 4 nitrogen and oxygen atoms in total. The van der Waals surface area contributed by atoms with Crippen molar-refractivity contribution in [2.24, 2.45) is 5.92 Å². The van der Waals surface area contributed by atoms with E-state index in [1.807, 2.05) is 35.0 Å². The third-order valence-electron chi connectivity index (χ3n) is 3.49. The van der Waals surface area contributed by atoms with Gasteiger partial charge in [-0.25, -0.2) is 0 Å². The summed E-state index contributed by atoms with van der Waals surface area (Å²) in [5, 5.41) is 9.94. The van der Waals surface area contributed by atoms with E-state index in [1.54, 1.807) is 22.7 Å². The summed E-state index contributed by atoms with van der Waals surface area (Å²) in [5.41, 5.74) is 0. The Labute approximate surface area is 144 Å². The normalized spacial score (nSPS) is 13.6. The molecule has 0 aliphatic rings. The number of nitrogens with one attached hydrogen (secondary N) is 2. The summed E-state index contributed by atoms with van der Waals surface area (Å²) < 4.78 is 0. The Kier molecular flexibility index (Phi) is 6.36. The second-order valence-electron chi connectivity index (χ2n) is 5.78. The van der Waals surface area contributed by atoms with Gasteiger partial charge in [-0.3, -0.25) is 9.59 Å². The van der Waals surface area contributed by atoms with Crippen molar-refractivity contribution in [3.63, 3.8) is 0 Å². The molecule has 0 saturated carbocycles. The van der Waals surface area contributed by atoms with E-state index in [4.69, 9.17) is 0 Å². The van der Waals surface area contributed by atoms with Crippen LogP contribution in [0.4, 0.5) is 0 Å². The fourth-order valence-electron chi connectivity index (χ4n) is 2.41. The van der Waals surface area contributed by atoms with E-state index in [0.29, 0.717) is 5.92 Å². The van der Waals surface area contributed by atoms with E-state index in [0.717, 1.165) is 9.75 Å². The minimum atomic E-state index is -0.274. The average molecular weight is 351 g/mol. The minimum Gasteiger partial charge on any atom is -0.348 e. The summed E-state index contributed by atoms with van der Waals surface area (Å²) in [4.78, 5) is 26.0. The Hall–Kier alpha value is -1.66. The highest BCUT2D eigenvalue weighted by molar-refractivity contribution is 7.10. The van der Waals surface area contributed by atoms with Crippen molar-refractivity contribution >= 4 is 34.5 Å². The molecule has 2 amide bonds. The topological polar surface area (TPSA) is 58.2 Å². The quantitative estimate of drug-likeness (QED) is 0.796. The van der Waals surface area contributed by atoms with E-state index in [9.17, 15) is 9.59 Å². The lowest BCUT2D eigenvalue weighted by molar-refractivity contribution is -0.123. The summed E-state index contributed by atoms with van der Waals surface area (Å²) >= 11 is 3.19. The molecule has 6 heteroatoms. The Morgan fingerprint density at radius 2 is 1.65 bits per heavy atom. The predicted octanol–water partition coefficient (Wildman–Crippen LogP) is 3.89. The first-order valence-corrected chi connectivity index (χ1v) is 9.36. The second-order valence-corrected chi connectivity index (χ2v) is 7.74. The lowest BCUT2D eigenvalue weighted by atomic mass is 10.0. The van der Waals surface area contributed by atoms with Crippen molar-refractivity contribution in [1.29, 1.82) is 0 Å². The van der Waals surface area contributed by atoms with Crippen LogP contribution in [0.5, 0.6) is 0 Å². The molecule has 0 aliphatic carbocycles. The fourth-order valence-corrected chi connectivity index (χ4v) is 4.14. The first kappa shape index (κ1) is 17.7. The summed E-state index contributed by atoms with van der Waals surface area (Å²) in [6, 6.07) is 7.63. The molecule has 124 valence electrons. The first-order chi connectivity index (χ1) is 11.0. The van der Waals surface area contributed by atoms with Gasteiger partial charge in [-0.2, -0.15) is 0 Å². The molecular weight excluding hydrogens is 328 g/mol. The van der Waals surface area contributed by atoms with Crippen LogP contribution in [-0.4, -0.2) is 11.8 Å². The number of hydrogen-bond acceptors (Lipinski definition) is 4. The summed E-state index contributed by atoms with van der Waals surface area (Å²) in [7, 11) is 0. The maximum atomic E-state index is 12.5. The van der Waals surface area contributed by atoms with Crippen LogP contribution in [0, 0.1) is 5.92 Å². The first-order valence-electron chi connectivity index (χ1n) is 7.60. The molecule has 2 N–H and O–H groups in total. The lowest BCUT2D eigenvalue weighted by Crippen LogP contribution is -2.35. The van der Waals surface area contributed by atoms with Crippen LogP contribution in [0.1, 0.15) is 49.0 Å². The highest BCUT2D eigenvalue weighted by atomic mass is 32.1. The van der Waals surface area contributed by atoms with Crippen LogP contribution in [0.2, 0.25) is 0 Å². The average Bonchev–Trinajstić information content (AvgIpc) is 3.16. The third kappa shape index (κ3) is 5.18. The maximum absolute atomic E-state index is 12.5. The van der Waals surface area contributed by atoms with Gasteiger partial charge in [0.05, 0.1) is 18.5 Å². The Morgan fingerprint density at radius 1 is 1.04 bits per heavy atom. The van der Waals surface area contributed by atoms with Crippen molar-refractivity contribution in [2.45, 2.75) is 39.3 Å². The van der Waals surface area contributed by atoms with Gasteiger partial charge < -0.3 is 10.6 Å². The molecular formula is C17H22N2O2S2. The van der Waals surface area contributed by atoms with Gasteiger partial charge in [-0.15, -0.1) is 22.7 Å². The molecule has 2 aromatic heterocycles. The Balaban J connectivity index is 2.04. The largest absolute Gasteiger partial charge is 0.348 e. The van der Waals surface area contributed by atoms with Crippen LogP contribution in [-0.2, 0) is 9.59 Å². The van der Waals surface area contributed by atoms with Crippen LogP contribution in [0.3, 0.4) is 0 Å². The van der Waals surface area contributed by atoms with E-state index in [-0.39, 0.29) is 30.3 Å². The van der Waals surface area contributed by atoms with E-state index in [2.05, 4.69) is 24.5 Å². The molecule has 0 fully saturated rings. The van der Waals surface area contributed by atoms with Gasteiger partial charge in [0.1, 0.15) is 0 Å². The van der Waals surface area contributed by atoms with Crippen molar-refractivity contribution < 1.29 is 9.59 Å². The summed E-state index contributed by atoms with van der Waals surface area (Å²) in [6.45, 7) is 5.66.